The number of carbonyl (C=O) groups is 1. The van der Waals surface area contributed by atoms with E-state index >= 15 is 0 Å². The van der Waals surface area contributed by atoms with Crippen molar-refractivity contribution < 1.29 is 14.5 Å². The highest BCUT2D eigenvalue weighted by Crippen LogP contribution is 2.19. The van der Waals surface area contributed by atoms with Crippen LogP contribution in [-0.4, -0.2) is 54.4 Å². The Balaban J connectivity index is 2.01. The third-order valence-corrected chi connectivity index (χ3v) is 3.23. The normalized spacial score (nSPS) is 15.8. The summed E-state index contributed by atoms with van der Waals surface area (Å²) in [6.45, 7) is 2.24. The maximum atomic E-state index is 11.2. The van der Waals surface area contributed by atoms with E-state index in [2.05, 4.69) is 30.2 Å². The molecule has 20 heavy (non-hydrogen) atoms. The average Bonchev–Trinajstić information content (AvgIpc) is 3.10. The molecule has 3 N–H and O–H groups in total. The summed E-state index contributed by atoms with van der Waals surface area (Å²) in [5, 5.41) is 23.8. The van der Waals surface area contributed by atoms with E-state index in [9.17, 15) is 9.90 Å². The third-order valence-electron chi connectivity index (χ3n) is 3.23. The SMILES string of the molecule is Nc1nonc1-n1nnc(C(=O)O)c1CN1CCCC1. The predicted octanol–water partition coefficient (Wildman–Crippen LogP) is -0.474. The number of hydrogen-bond donors (Lipinski definition) is 2. The van der Waals surface area contributed by atoms with E-state index in [0.717, 1.165) is 25.9 Å². The number of anilines is 1. The number of rotatable bonds is 4. The highest BCUT2D eigenvalue weighted by atomic mass is 16.6. The molecule has 1 aliphatic heterocycles. The molecule has 0 atom stereocenters. The molecule has 10 heteroatoms. The van der Waals surface area contributed by atoms with Crippen molar-refractivity contribution in [3.05, 3.63) is 11.4 Å². The molecule has 0 spiro atoms. The largest absolute Gasteiger partial charge is 0.476 e. The number of nitrogens with two attached hydrogens (primary N) is 1. The summed E-state index contributed by atoms with van der Waals surface area (Å²) in [5.74, 6) is -0.950. The van der Waals surface area contributed by atoms with Crippen LogP contribution in [-0.2, 0) is 6.54 Å². The van der Waals surface area contributed by atoms with Gasteiger partial charge in [0, 0.05) is 6.54 Å². The zero-order chi connectivity index (χ0) is 14.1. The van der Waals surface area contributed by atoms with Crippen molar-refractivity contribution in [3.8, 4) is 5.82 Å². The number of carboxylic acids is 1. The van der Waals surface area contributed by atoms with Crippen molar-refractivity contribution in [1.82, 2.24) is 30.2 Å². The molecule has 0 aromatic carbocycles. The summed E-state index contributed by atoms with van der Waals surface area (Å²) in [4.78, 5) is 13.4. The first-order chi connectivity index (χ1) is 9.66. The molecule has 0 unspecified atom stereocenters. The quantitative estimate of drug-likeness (QED) is 0.760. The Morgan fingerprint density at radius 2 is 2.10 bits per heavy atom. The fourth-order valence-corrected chi connectivity index (χ4v) is 2.27. The second kappa shape index (κ2) is 4.89. The van der Waals surface area contributed by atoms with Crippen LogP contribution in [0.1, 0.15) is 29.0 Å². The Morgan fingerprint density at radius 1 is 1.35 bits per heavy atom. The topological polar surface area (TPSA) is 136 Å². The molecule has 1 fully saturated rings. The van der Waals surface area contributed by atoms with Gasteiger partial charge in [0.25, 0.3) is 0 Å². The summed E-state index contributed by atoms with van der Waals surface area (Å²) in [7, 11) is 0. The average molecular weight is 279 g/mol. The Morgan fingerprint density at radius 3 is 2.70 bits per heavy atom. The van der Waals surface area contributed by atoms with Gasteiger partial charge in [0.2, 0.25) is 11.6 Å². The monoisotopic (exact) mass is 279 g/mol. The molecule has 3 rings (SSSR count). The van der Waals surface area contributed by atoms with Crippen LogP contribution in [0.25, 0.3) is 5.82 Å². The smallest absolute Gasteiger partial charge is 0.358 e. The van der Waals surface area contributed by atoms with E-state index in [1.165, 1.54) is 4.68 Å². The van der Waals surface area contributed by atoms with Gasteiger partial charge in [-0.1, -0.05) is 5.21 Å². The minimum Gasteiger partial charge on any atom is -0.476 e. The molecule has 0 aliphatic carbocycles. The second-order valence-corrected chi connectivity index (χ2v) is 4.56. The van der Waals surface area contributed by atoms with Gasteiger partial charge in [-0.25, -0.2) is 9.42 Å². The van der Waals surface area contributed by atoms with E-state index in [1.807, 2.05) is 0 Å². The number of aromatic nitrogens is 5. The van der Waals surface area contributed by atoms with Crippen LogP contribution in [0.3, 0.4) is 0 Å². The molecule has 3 heterocycles. The fourth-order valence-electron chi connectivity index (χ4n) is 2.27. The summed E-state index contributed by atoms with van der Waals surface area (Å²) in [6, 6.07) is 0. The van der Waals surface area contributed by atoms with Crippen LogP contribution >= 0.6 is 0 Å². The van der Waals surface area contributed by atoms with Gasteiger partial charge in [-0.15, -0.1) is 5.10 Å². The highest BCUT2D eigenvalue weighted by molar-refractivity contribution is 5.86. The van der Waals surface area contributed by atoms with Gasteiger partial charge < -0.3 is 10.8 Å². The molecule has 0 saturated carbocycles. The van der Waals surface area contributed by atoms with Crippen LogP contribution in [0.15, 0.2) is 4.63 Å². The molecule has 0 amide bonds. The van der Waals surface area contributed by atoms with Crippen LogP contribution < -0.4 is 5.73 Å². The van der Waals surface area contributed by atoms with Gasteiger partial charge in [-0.3, -0.25) is 4.90 Å². The molecule has 106 valence electrons. The molecule has 0 radical (unpaired) electrons. The number of nitrogens with zero attached hydrogens (tertiary/aromatic N) is 6. The molecular formula is C10H13N7O3. The lowest BCUT2D eigenvalue weighted by atomic mass is 10.3. The number of likely N-dealkylation sites (tertiary alicyclic amines) is 1. The van der Waals surface area contributed by atoms with Crippen LogP contribution in [0.2, 0.25) is 0 Å². The van der Waals surface area contributed by atoms with Crippen LogP contribution in [0.4, 0.5) is 5.82 Å². The Bertz CT molecular complexity index is 629. The fraction of sp³-hybridized carbons (Fsp3) is 0.500. The number of aromatic carboxylic acids is 1. The zero-order valence-corrected chi connectivity index (χ0v) is 10.6. The molecule has 10 nitrogen and oxygen atoms in total. The van der Waals surface area contributed by atoms with Crippen molar-refractivity contribution in [1.29, 1.82) is 0 Å². The Hall–Kier alpha value is -2.49. The van der Waals surface area contributed by atoms with Crippen molar-refractivity contribution >= 4 is 11.8 Å². The standard InChI is InChI=1S/C10H13N7O3/c11-8-9(14-20-13-8)17-6(5-16-3-1-2-4-16)7(10(18)19)12-15-17/h1-5H2,(H2,11,13)(H,18,19). The van der Waals surface area contributed by atoms with Gasteiger partial charge in [-0.2, -0.15) is 4.68 Å². The minimum atomic E-state index is -1.14. The summed E-state index contributed by atoms with van der Waals surface area (Å²) >= 11 is 0. The van der Waals surface area contributed by atoms with Crippen molar-refractivity contribution in [2.24, 2.45) is 0 Å². The maximum absolute atomic E-state index is 11.2. The Labute approximate surface area is 113 Å². The van der Waals surface area contributed by atoms with Crippen LogP contribution in [0, 0.1) is 0 Å². The number of carboxylic acid groups (broad SMARTS) is 1. The van der Waals surface area contributed by atoms with Crippen molar-refractivity contribution in [3.63, 3.8) is 0 Å². The van der Waals surface area contributed by atoms with Gasteiger partial charge >= 0.3 is 5.97 Å². The van der Waals surface area contributed by atoms with Crippen molar-refractivity contribution in [2.75, 3.05) is 18.8 Å². The van der Waals surface area contributed by atoms with Gasteiger partial charge in [-0.05, 0) is 36.2 Å². The Kier molecular flexibility index (Phi) is 3.06. The maximum Gasteiger partial charge on any atom is 0.358 e. The van der Waals surface area contributed by atoms with Crippen molar-refractivity contribution in [2.45, 2.75) is 19.4 Å². The predicted molar refractivity (Wildman–Crippen MR) is 65.1 cm³/mol. The lowest BCUT2D eigenvalue weighted by Gasteiger charge is -2.14. The van der Waals surface area contributed by atoms with E-state index in [1.54, 1.807) is 0 Å². The molecular weight excluding hydrogens is 266 g/mol. The van der Waals surface area contributed by atoms with Gasteiger partial charge in [0.05, 0.1) is 5.69 Å². The minimum absolute atomic E-state index is 0.0366. The highest BCUT2D eigenvalue weighted by Gasteiger charge is 2.25. The summed E-state index contributed by atoms with van der Waals surface area (Å²) in [6.07, 6.45) is 2.19. The number of nitrogen functional groups attached to an aromatic ring is 1. The molecule has 1 saturated heterocycles. The van der Waals surface area contributed by atoms with E-state index in [0.29, 0.717) is 12.2 Å². The molecule has 2 aromatic heterocycles. The molecule has 0 bridgehead atoms. The lowest BCUT2D eigenvalue weighted by molar-refractivity contribution is 0.0688. The molecule has 2 aromatic rings. The summed E-state index contributed by atoms with van der Waals surface area (Å²) in [5.41, 5.74) is 5.92. The van der Waals surface area contributed by atoms with Gasteiger partial charge in [0.1, 0.15) is 0 Å². The zero-order valence-electron chi connectivity index (χ0n) is 10.6. The molecule has 1 aliphatic rings. The lowest BCUT2D eigenvalue weighted by Crippen LogP contribution is -2.22. The number of hydrogen-bond acceptors (Lipinski definition) is 8. The van der Waals surface area contributed by atoms with E-state index in [-0.39, 0.29) is 17.3 Å². The van der Waals surface area contributed by atoms with Gasteiger partial charge in [0.15, 0.2) is 5.69 Å². The summed E-state index contributed by atoms with van der Waals surface area (Å²) < 4.78 is 5.79. The van der Waals surface area contributed by atoms with E-state index in [4.69, 9.17) is 5.73 Å². The third kappa shape index (κ3) is 2.09. The first-order valence-corrected chi connectivity index (χ1v) is 6.15. The van der Waals surface area contributed by atoms with E-state index < -0.39 is 5.97 Å². The first-order valence-electron chi connectivity index (χ1n) is 6.15. The second-order valence-electron chi connectivity index (χ2n) is 4.56. The van der Waals surface area contributed by atoms with Crippen LogP contribution in [0.5, 0.6) is 0 Å². The first kappa shape index (κ1) is 12.5.